The minimum Gasteiger partial charge on any atom is -0.479 e. The van der Waals surface area contributed by atoms with Crippen LogP contribution < -0.4 is 5.73 Å². The lowest BCUT2D eigenvalue weighted by Crippen LogP contribution is -2.39. The molecule has 14 heavy (non-hydrogen) atoms. The van der Waals surface area contributed by atoms with Gasteiger partial charge in [-0.1, -0.05) is 13.8 Å². The topological polar surface area (TPSA) is 141 Å². The Hall–Kier alpha value is -1.18. The van der Waals surface area contributed by atoms with Crippen molar-refractivity contribution in [2.45, 2.75) is 32.1 Å². The second-order valence-electron chi connectivity index (χ2n) is 2.81. The van der Waals surface area contributed by atoms with Crippen molar-refractivity contribution in [2.75, 3.05) is 0 Å². The van der Waals surface area contributed by atoms with Gasteiger partial charge in [0.2, 0.25) is 0 Å². The number of carboxylic acids is 2. The van der Waals surface area contributed by atoms with E-state index in [0.29, 0.717) is 6.04 Å². The average molecular weight is 209 g/mol. The molecule has 2 unspecified atom stereocenters. The van der Waals surface area contributed by atoms with E-state index in [-0.39, 0.29) is 0 Å². The van der Waals surface area contributed by atoms with E-state index in [0.717, 1.165) is 0 Å². The lowest BCUT2D eigenvalue weighted by Gasteiger charge is -2.07. The van der Waals surface area contributed by atoms with Gasteiger partial charge in [0.25, 0.3) is 0 Å². The molecule has 0 bridgehead atoms. The summed E-state index contributed by atoms with van der Waals surface area (Å²) in [5, 5.41) is 32.5. The van der Waals surface area contributed by atoms with Gasteiger partial charge in [-0.3, -0.25) is 0 Å². The monoisotopic (exact) mass is 209 g/mol. The third-order valence-electron chi connectivity index (χ3n) is 0.805. The predicted octanol–water partition coefficient (Wildman–Crippen LogP) is -1.77. The molecule has 0 saturated carbocycles. The molecular weight excluding hydrogens is 194 g/mol. The third kappa shape index (κ3) is 8.91. The summed E-state index contributed by atoms with van der Waals surface area (Å²) in [6.45, 7) is 3.89. The highest BCUT2D eigenvalue weighted by atomic mass is 16.4. The molecule has 84 valence electrons. The van der Waals surface area contributed by atoms with Crippen molar-refractivity contribution in [3.63, 3.8) is 0 Å². The number of rotatable bonds is 3. The molecule has 0 fully saturated rings. The van der Waals surface area contributed by atoms with E-state index in [1.807, 2.05) is 13.8 Å². The van der Waals surface area contributed by atoms with E-state index in [1.54, 1.807) is 0 Å². The summed E-state index contributed by atoms with van der Waals surface area (Å²) in [5.41, 5.74) is 5.11. The molecule has 0 aliphatic rings. The Balaban J connectivity index is 0. The second-order valence-corrected chi connectivity index (χ2v) is 2.81. The number of nitrogens with two attached hydrogens (primary N) is 1. The molecule has 0 aliphatic heterocycles. The number of carbonyl (C=O) groups is 2. The number of hydrogen-bond donors (Lipinski definition) is 5. The van der Waals surface area contributed by atoms with Gasteiger partial charge in [-0.05, 0) is 6.04 Å². The summed E-state index contributed by atoms with van der Waals surface area (Å²) in [6.07, 6.45) is -4.53. The van der Waals surface area contributed by atoms with Gasteiger partial charge in [0, 0.05) is 0 Å². The Morgan fingerprint density at radius 2 is 1.14 bits per heavy atom. The van der Waals surface area contributed by atoms with Gasteiger partial charge in [-0.25, -0.2) is 9.59 Å². The van der Waals surface area contributed by atoms with E-state index < -0.39 is 24.1 Å². The molecule has 2 atom stereocenters. The Labute approximate surface area is 80.8 Å². The first-order chi connectivity index (χ1) is 6.20. The highest BCUT2D eigenvalue weighted by molar-refractivity contribution is 5.82. The van der Waals surface area contributed by atoms with Crippen LogP contribution in [0.3, 0.4) is 0 Å². The van der Waals surface area contributed by atoms with Crippen molar-refractivity contribution < 1.29 is 30.0 Å². The standard InChI is InChI=1S/C4H6O6.C3H9N/c5-1(3(7)8)2(6)4(9)10;1-3(2)4/h1-2,5-6H,(H,7,8)(H,9,10);3H,4H2,1-2H3. The number of aliphatic hydroxyl groups excluding tert-OH is 2. The number of aliphatic carboxylic acids is 2. The van der Waals surface area contributed by atoms with E-state index >= 15 is 0 Å². The zero-order valence-corrected chi connectivity index (χ0v) is 7.91. The highest BCUT2D eigenvalue weighted by Crippen LogP contribution is 1.92. The molecule has 0 amide bonds. The molecule has 0 spiro atoms. The van der Waals surface area contributed by atoms with Crippen LogP contribution in [-0.2, 0) is 9.59 Å². The third-order valence-corrected chi connectivity index (χ3v) is 0.805. The maximum Gasteiger partial charge on any atom is 0.335 e. The minimum absolute atomic E-state index is 0.333. The fourth-order valence-corrected chi connectivity index (χ4v) is 0.270. The van der Waals surface area contributed by atoms with Gasteiger partial charge in [-0.2, -0.15) is 0 Å². The number of aliphatic hydroxyl groups is 2. The van der Waals surface area contributed by atoms with Crippen molar-refractivity contribution in [1.29, 1.82) is 0 Å². The van der Waals surface area contributed by atoms with Crippen molar-refractivity contribution in [3.05, 3.63) is 0 Å². The van der Waals surface area contributed by atoms with Gasteiger partial charge < -0.3 is 26.2 Å². The first kappa shape index (κ1) is 15.3. The van der Waals surface area contributed by atoms with E-state index in [2.05, 4.69) is 0 Å². The van der Waals surface area contributed by atoms with Crippen LogP contribution in [0.5, 0.6) is 0 Å². The Morgan fingerprint density at radius 3 is 1.21 bits per heavy atom. The van der Waals surface area contributed by atoms with Crippen LogP contribution in [0.2, 0.25) is 0 Å². The summed E-state index contributed by atoms with van der Waals surface area (Å²) in [4.78, 5) is 19.5. The van der Waals surface area contributed by atoms with Crippen LogP contribution in [0.25, 0.3) is 0 Å². The zero-order valence-electron chi connectivity index (χ0n) is 7.91. The average Bonchev–Trinajstić information content (AvgIpc) is 2.00. The Morgan fingerprint density at radius 1 is 1.00 bits per heavy atom. The number of hydrogen-bond acceptors (Lipinski definition) is 5. The normalized spacial score (nSPS) is 13.9. The lowest BCUT2D eigenvalue weighted by molar-refractivity contribution is -0.165. The van der Waals surface area contributed by atoms with Crippen LogP contribution in [0.1, 0.15) is 13.8 Å². The van der Waals surface area contributed by atoms with Crippen LogP contribution in [-0.4, -0.2) is 50.6 Å². The first-order valence-electron chi connectivity index (χ1n) is 3.77. The second kappa shape index (κ2) is 7.25. The van der Waals surface area contributed by atoms with Gasteiger partial charge >= 0.3 is 11.9 Å². The maximum atomic E-state index is 9.77. The van der Waals surface area contributed by atoms with Gasteiger partial charge in [-0.15, -0.1) is 0 Å². The van der Waals surface area contributed by atoms with Crippen molar-refractivity contribution >= 4 is 11.9 Å². The van der Waals surface area contributed by atoms with Gasteiger partial charge in [0.1, 0.15) is 0 Å². The van der Waals surface area contributed by atoms with Crippen molar-refractivity contribution in [1.82, 2.24) is 0 Å². The number of carboxylic acid groups (broad SMARTS) is 2. The van der Waals surface area contributed by atoms with E-state index in [4.69, 9.17) is 26.2 Å². The van der Waals surface area contributed by atoms with Gasteiger partial charge in [0.15, 0.2) is 12.2 Å². The summed E-state index contributed by atoms with van der Waals surface area (Å²) >= 11 is 0. The summed E-state index contributed by atoms with van der Waals surface area (Å²) in [5.74, 6) is -3.54. The molecule has 0 saturated heterocycles. The van der Waals surface area contributed by atoms with Crippen molar-refractivity contribution in [3.8, 4) is 0 Å². The fourth-order valence-electron chi connectivity index (χ4n) is 0.270. The minimum atomic E-state index is -2.27. The summed E-state index contributed by atoms with van der Waals surface area (Å²) < 4.78 is 0. The molecule has 0 aromatic heterocycles. The van der Waals surface area contributed by atoms with Crippen LogP contribution >= 0.6 is 0 Å². The molecule has 6 N–H and O–H groups in total. The zero-order chi connectivity index (χ0) is 11.9. The lowest BCUT2D eigenvalue weighted by atomic mass is 10.2. The smallest absolute Gasteiger partial charge is 0.335 e. The molecule has 0 rings (SSSR count). The van der Waals surface area contributed by atoms with Gasteiger partial charge in [0.05, 0.1) is 0 Å². The molecule has 0 aromatic rings. The Kier molecular flexibility index (Phi) is 7.92. The van der Waals surface area contributed by atoms with E-state index in [9.17, 15) is 9.59 Å². The van der Waals surface area contributed by atoms with E-state index in [1.165, 1.54) is 0 Å². The molecule has 0 aliphatic carbocycles. The fraction of sp³-hybridized carbons (Fsp3) is 0.714. The highest BCUT2D eigenvalue weighted by Gasteiger charge is 2.29. The Bertz CT molecular complexity index is 172. The molecule has 0 aromatic carbocycles. The molecule has 7 heteroatoms. The molecule has 0 heterocycles. The first-order valence-corrected chi connectivity index (χ1v) is 3.77. The van der Waals surface area contributed by atoms with Crippen LogP contribution in [0.15, 0.2) is 0 Å². The SMILES string of the molecule is CC(C)N.O=C(O)C(O)C(O)C(=O)O. The maximum absolute atomic E-state index is 9.77. The predicted molar refractivity (Wildman–Crippen MR) is 46.6 cm³/mol. The largest absolute Gasteiger partial charge is 0.479 e. The molecule has 7 nitrogen and oxygen atoms in total. The summed E-state index contributed by atoms with van der Waals surface area (Å²) in [6, 6.07) is 0.333. The van der Waals surface area contributed by atoms with Crippen molar-refractivity contribution in [2.24, 2.45) is 5.73 Å². The summed E-state index contributed by atoms with van der Waals surface area (Å²) in [7, 11) is 0. The quantitative estimate of drug-likeness (QED) is 0.370. The molecular formula is C7H15NO6. The van der Waals surface area contributed by atoms with Crippen LogP contribution in [0, 0.1) is 0 Å². The molecule has 0 radical (unpaired) electrons. The van der Waals surface area contributed by atoms with Crippen LogP contribution in [0.4, 0.5) is 0 Å².